The Morgan fingerprint density at radius 2 is 1.42 bits per heavy atom. The first-order chi connectivity index (χ1) is 21.6. The van der Waals surface area contributed by atoms with Crippen molar-refractivity contribution in [2.24, 2.45) is 0 Å². The first-order valence-electron chi connectivity index (χ1n) is 14.8. The lowest BCUT2D eigenvalue weighted by molar-refractivity contribution is -0.140. The first kappa shape index (κ1) is 33.2. The van der Waals surface area contributed by atoms with Gasteiger partial charge in [0.1, 0.15) is 24.2 Å². The second-order valence-electron chi connectivity index (χ2n) is 10.8. The van der Waals surface area contributed by atoms with Crippen LogP contribution >= 0.6 is 0 Å². The topological polar surface area (TPSA) is 96.0 Å². The third-order valence-corrected chi connectivity index (χ3v) is 8.80. The number of ether oxygens (including phenoxy) is 1. The number of hydrogen-bond acceptors (Lipinski definition) is 5. The molecule has 45 heavy (non-hydrogen) atoms. The van der Waals surface area contributed by atoms with Gasteiger partial charge in [-0.2, -0.15) is 0 Å². The van der Waals surface area contributed by atoms with Gasteiger partial charge < -0.3 is 15.0 Å². The quantitative estimate of drug-likeness (QED) is 0.196. The van der Waals surface area contributed by atoms with Gasteiger partial charge in [-0.3, -0.25) is 13.9 Å². The van der Waals surface area contributed by atoms with Gasteiger partial charge in [0.15, 0.2) is 0 Å². The summed E-state index contributed by atoms with van der Waals surface area (Å²) in [7, 11) is -4.24. The van der Waals surface area contributed by atoms with Crippen LogP contribution in [0.4, 0.5) is 10.1 Å². The molecular formula is C35H38FN3O5S. The number of sulfonamides is 1. The van der Waals surface area contributed by atoms with Gasteiger partial charge in [-0.05, 0) is 80.4 Å². The third kappa shape index (κ3) is 8.92. The number of halogens is 1. The summed E-state index contributed by atoms with van der Waals surface area (Å²) in [6.07, 6.45) is 0.184. The molecule has 4 aromatic carbocycles. The van der Waals surface area contributed by atoms with Crippen LogP contribution in [0.5, 0.6) is 5.75 Å². The van der Waals surface area contributed by atoms with Crippen molar-refractivity contribution in [1.82, 2.24) is 10.2 Å². The van der Waals surface area contributed by atoms with Crippen LogP contribution in [0.2, 0.25) is 0 Å². The maximum Gasteiger partial charge on any atom is 0.264 e. The highest BCUT2D eigenvalue weighted by atomic mass is 32.2. The number of rotatable bonds is 14. The standard InChI is InChI=1S/C35H38FN3O5S/c1-4-44-31-19-21-32(22-20-31)45(42,43)39(30-13-9-6-10-14-30)25-34(40)38(24-28-15-17-29(36)18-16-28)33(35(41)37-26(2)3)23-27-11-7-5-8-12-27/h5-22,26,33H,4,23-25H2,1-3H3,(H,37,41). The van der Waals surface area contributed by atoms with Crippen molar-refractivity contribution >= 4 is 27.5 Å². The van der Waals surface area contributed by atoms with Crippen molar-refractivity contribution in [2.45, 2.75) is 50.7 Å². The van der Waals surface area contributed by atoms with Gasteiger partial charge in [-0.15, -0.1) is 0 Å². The summed E-state index contributed by atoms with van der Waals surface area (Å²) in [5, 5.41) is 2.91. The molecule has 236 valence electrons. The molecule has 0 saturated heterocycles. The number of para-hydroxylation sites is 1. The van der Waals surface area contributed by atoms with E-state index in [4.69, 9.17) is 4.74 Å². The minimum absolute atomic E-state index is 0.0222. The largest absolute Gasteiger partial charge is 0.494 e. The van der Waals surface area contributed by atoms with Gasteiger partial charge in [0.2, 0.25) is 11.8 Å². The highest BCUT2D eigenvalue weighted by Crippen LogP contribution is 2.26. The molecule has 0 fully saturated rings. The molecule has 0 spiro atoms. The molecule has 0 aromatic heterocycles. The number of benzene rings is 4. The van der Waals surface area contributed by atoms with Gasteiger partial charge in [-0.25, -0.2) is 12.8 Å². The molecule has 4 aromatic rings. The Morgan fingerprint density at radius 1 is 0.822 bits per heavy atom. The average Bonchev–Trinajstić information content (AvgIpc) is 3.03. The number of anilines is 1. The van der Waals surface area contributed by atoms with Crippen molar-refractivity contribution in [1.29, 1.82) is 0 Å². The third-order valence-electron chi connectivity index (χ3n) is 7.01. The summed E-state index contributed by atoms with van der Waals surface area (Å²) >= 11 is 0. The molecule has 0 radical (unpaired) electrons. The predicted molar refractivity (Wildman–Crippen MR) is 173 cm³/mol. The second kappa shape index (κ2) is 15.3. The van der Waals surface area contributed by atoms with E-state index in [-0.39, 0.29) is 35.5 Å². The lowest BCUT2D eigenvalue weighted by Crippen LogP contribution is -2.54. The molecular weight excluding hydrogens is 593 g/mol. The van der Waals surface area contributed by atoms with Crippen LogP contribution in [0, 0.1) is 5.82 Å². The number of nitrogens with zero attached hydrogens (tertiary/aromatic N) is 2. The molecule has 1 unspecified atom stereocenters. The molecule has 1 N–H and O–H groups in total. The lowest BCUT2D eigenvalue weighted by atomic mass is 10.0. The zero-order valence-electron chi connectivity index (χ0n) is 25.6. The normalized spacial score (nSPS) is 11.9. The zero-order chi connectivity index (χ0) is 32.4. The minimum Gasteiger partial charge on any atom is -0.494 e. The first-order valence-corrected chi connectivity index (χ1v) is 16.2. The van der Waals surface area contributed by atoms with Gasteiger partial charge >= 0.3 is 0 Å². The fraction of sp³-hybridized carbons (Fsp3) is 0.257. The Labute approximate surface area is 264 Å². The molecule has 1 atom stereocenters. The molecule has 0 aliphatic carbocycles. The van der Waals surface area contributed by atoms with Crippen LogP contribution in [-0.2, 0) is 32.6 Å². The molecule has 10 heteroatoms. The van der Waals surface area contributed by atoms with Crippen LogP contribution in [0.3, 0.4) is 0 Å². The van der Waals surface area contributed by atoms with E-state index in [1.54, 1.807) is 54.6 Å². The summed E-state index contributed by atoms with van der Waals surface area (Å²) in [6.45, 7) is 5.27. The van der Waals surface area contributed by atoms with E-state index in [0.29, 0.717) is 17.9 Å². The van der Waals surface area contributed by atoms with E-state index in [1.165, 1.54) is 29.2 Å². The Morgan fingerprint density at radius 3 is 2.00 bits per heavy atom. The maximum atomic E-state index is 14.4. The summed E-state index contributed by atoms with van der Waals surface area (Å²) in [4.78, 5) is 29.4. The van der Waals surface area contributed by atoms with Crippen LogP contribution < -0.4 is 14.4 Å². The zero-order valence-corrected chi connectivity index (χ0v) is 26.4. The van der Waals surface area contributed by atoms with Gasteiger partial charge in [0.05, 0.1) is 17.2 Å². The van der Waals surface area contributed by atoms with Gasteiger partial charge in [-0.1, -0.05) is 60.7 Å². The van der Waals surface area contributed by atoms with Gasteiger partial charge in [0.25, 0.3) is 10.0 Å². The van der Waals surface area contributed by atoms with Crippen LogP contribution in [0.25, 0.3) is 0 Å². The van der Waals surface area contributed by atoms with E-state index in [2.05, 4.69) is 5.32 Å². The van der Waals surface area contributed by atoms with Crippen molar-refractivity contribution in [3.8, 4) is 5.75 Å². The molecule has 0 aliphatic heterocycles. The smallest absolute Gasteiger partial charge is 0.264 e. The Bertz CT molecular complexity index is 1650. The summed E-state index contributed by atoms with van der Waals surface area (Å²) in [5.74, 6) is -0.904. The highest BCUT2D eigenvalue weighted by molar-refractivity contribution is 7.92. The molecule has 2 amide bonds. The van der Waals surface area contributed by atoms with E-state index in [0.717, 1.165) is 9.87 Å². The maximum absolute atomic E-state index is 14.4. The van der Waals surface area contributed by atoms with Crippen molar-refractivity contribution in [2.75, 3.05) is 17.5 Å². The van der Waals surface area contributed by atoms with E-state index >= 15 is 0 Å². The number of carbonyl (C=O) groups excluding carboxylic acids is 2. The molecule has 0 heterocycles. The molecule has 0 saturated carbocycles. The SMILES string of the molecule is CCOc1ccc(S(=O)(=O)N(CC(=O)N(Cc2ccc(F)cc2)C(Cc2ccccc2)C(=O)NC(C)C)c2ccccc2)cc1. The summed E-state index contributed by atoms with van der Waals surface area (Å²) in [5.41, 5.74) is 1.69. The Balaban J connectivity index is 1.77. The van der Waals surface area contributed by atoms with Crippen molar-refractivity contribution in [3.63, 3.8) is 0 Å². The Hall–Kier alpha value is -4.70. The molecule has 0 bridgehead atoms. The van der Waals surface area contributed by atoms with Gasteiger partial charge in [0, 0.05) is 19.0 Å². The predicted octanol–water partition coefficient (Wildman–Crippen LogP) is 5.58. The number of carbonyl (C=O) groups is 2. The Kier molecular flexibility index (Phi) is 11.3. The minimum atomic E-state index is -4.24. The highest BCUT2D eigenvalue weighted by Gasteiger charge is 2.34. The number of amides is 2. The van der Waals surface area contributed by atoms with Crippen molar-refractivity contribution < 1.29 is 27.1 Å². The summed E-state index contributed by atoms with van der Waals surface area (Å²) < 4.78 is 48.5. The van der Waals surface area contributed by atoms with E-state index in [1.807, 2.05) is 51.1 Å². The number of nitrogens with one attached hydrogen (secondary N) is 1. The fourth-order valence-corrected chi connectivity index (χ4v) is 6.26. The van der Waals surface area contributed by atoms with Crippen LogP contribution in [0.1, 0.15) is 31.9 Å². The average molecular weight is 632 g/mol. The lowest BCUT2D eigenvalue weighted by Gasteiger charge is -2.34. The van der Waals surface area contributed by atoms with E-state index < -0.39 is 34.3 Å². The fourth-order valence-electron chi connectivity index (χ4n) is 4.85. The number of hydrogen-bond donors (Lipinski definition) is 1. The summed E-state index contributed by atoms with van der Waals surface area (Å²) in [6, 6.07) is 28.1. The van der Waals surface area contributed by atoms with Crippen molar-refractivity contribution in [3.05, 3.63) is 126 Å². The molecule has 0 aliphatic rings. The molecule has 8 nitrogen and oxygen atoms in total. The second-order valence-corrected chi connectivity index (χ2v) is 12.6. The van der Waals surface area contributed by atoms with Crippen LogP contribution in [0.15, 0.2) is 114 Å². The van der Waals surface area contributed by atoms with Crippen LogP contribution in [-0.4, -0.2) is 50.4 Å². The van der Waals surface area contributed by atoms with E-state index in [9.17, 15) is 22.4 Å². The monoisotopic (exact) mass is 631 g/mol. The molecule has 4 rings (SSSR count).